The fraction of sp³-hybridized carbons (Fsp3) is 0.471. The van der Waals surface area contributed by atoms with E-state index in [1.807, 2.05) is 19.1 Å². The second-order valence-electron chi connectivity index (χ2n) is 6.24. The molecule has 23 heavy (non-hydrogen) atoms. The van der Waals surface area contributed by atoms with Gasteiger partial charge in [0.2, 0.25) is 0 Å². The minimum atomic E-state index is -3.57. The van der Waals surface area contributed by atoms with Crippen LogP contribution in [0.1, 0.15) is 44.2 Å². The summed E-state index contributed by atoms with van der Waals surface area (Å²) in [4.78, 5) is 4.00. The Hall–Kier alpha value is -1.82. The van der Waals surface area contributed by atoms with Crippen molar-refractivity contribution < 1.29 is 8.42 Å². The number of fused-ring (bicyclic) bond motifs is 1. The fourth-order valence-corrected chi connectivity index (χ4v) is 4.76. The van der Waals surface area contributed by atoms with E-state index in [0.29, 0.717) is 19.0 Å². The van der Waals surface area contributed by atoms with Crippen LogP contribution >= 0.6 is 0 Å². The topological polar surface area (TPSA) is 55.2 Å². The van der Waals surface area contributed by atoms with E-state index in [9.17, 15) is 8.42 Å². The molecule has 1 aliphatic rings. The van der Waals surface area contributed by atoms with Crippen molar-refractivity contribution >= 4 is 15.7 Å². The Morgan fingerprint density at radius 1 is 1.30 bits per heavy atom. The highest BCUT2D eigenvalue weighted by molar-refractivity contribution is 7.92. The first-order valence-corrected chi connectivity index (χ1v) is 9.55. The van der Waals surface area contributed by atoms with Gasteiger partial charge >= 0.3 is 0 Å². The average molecular weight is 333 g/mol. The highest BCUT2D eigenvalue weighted by Crippen LogP contribution is 2.33. The molecule has 1 aromatic carbocycles. The number of sulfonamides is 1. The van der Waals surface area contributed by atoms with Crippen molar-refractivity contribution in [2.45, 2.75) is 51.1 Å². The summed E-state index contributed by atoms with van der Waals surface area (Å²) in [7, 11) is -3.57. The largest absolute Gasteiger partial charge is 0.320 e. The molecule has 0 atom stereocenters. The van der Waals surface area contributed by atoms with Crippen LogP contribution in [0.2, 0.25) is 0 Å². The number of rotatable bonds is 4. The lowest BCUT2D eigenvalue weighted by Crippen LogP contribution is -2.36. The Bertz CT molecular complexity index is 809. The first kappa shape index (κ1) is 16.1. The molecule has 0 aliphatic carbocycles. The Morgan fingerprint density at radius 3 is 2.78 bits per heavy atom. The SMILES string of the molecule is CCn1cncc1S(=O)(=O)N1CCCc2cc(C(C)C)ccc21. The number of anilines is 1. The molecule has 2 heterocycles. The molecule has 0 radical (unpaired) electrons. The predicted octanol–water partition coefficient (Wildman–Crippen LogP) is 3.17. The van der Waals surface area contributed by atoms with Gasteiger partial charge in [0.15, 0.2) is 5.03 Å². The van der Waals surface area contributed by atoms with Crippen LogP contribution < -0.4 is 4.31 Å². The summed E-state index contributed by atoms with van der Waals surface area (Å²) in [5, 5.41) is 0.265. The minimum absolute atomic E-state index is 0.265. The van der Waals surface area contributed by atoms with Crippen molar-refractivity contribution in [3.8, 4) is 0 Å². The summed E-state index contributed by atoms with van der Waals surface area (Å²) < 4.78 is 29.4. The lowest BCUT2D eigenvalue weighted by atomic mass is 9.96. The fourth-order valence-electron chi connectivity index (χ4n) is 3.07. The minimum Gasteiger partial charge on any atom is -0.320 e. The highest BCUT2D eigenvalue weighted by Gasteiger charge is 2.31. The van der Waals surface area contributed by atoms with Gasteiger partial charge in [-0.2, -0.15) is 8.42 Å². The maximum absolute atomic E-state index is 13.1. The molecule has 124 valence electrons. The smallest absolute Gasteiger partial charge is 0.281 e. The zero-order valence-corrected chi connectivity index (χ0v) is 14.7. The maximum atomic E-state index is 13.1. The molecule has 0 bridgehead atoms. The van der Waals surface area contributed by atoms with Crippen LogP contribution in [0.5, 0.6) is 0 Å². The number of aromatic nitrogens is 2. The van der Waals surface area contributed by atoms with Crippen molar-refractivity contribution in [2.75, 3.05) is 10.8 Å². The number of nitrogens with zero attached hydrogens (tertiary/aromatic N) is 3. The second-order valence-corrected chi connectivity index (χ2v) is 8.05. The molecule has 1 aromatic heterocycles. The molecule has 0 N–H and O–H groups in total. The van der Waals surface area contributed by atoms with E-state index in [1.165, 1.54) is 11.8 Å². The quantitative estimate of drug-likeness (QED) is 0.863. The number of imidazole rings is 1. The Morgan fingerprint density at radius 2 is 2.09 bits per heavy atom. The van der Waals surface area contributed by atoms with Gasteiger partial charge in [-0.1, -0.05) is 26.0 Å². The van der Waals surface area contributed by atoms with Gasteiger partial charge in [0.05, 0.1) is 18.2 Å². The van der Waals surface area contributed by atoms with Crippen molar-refractivity contribution in [2.24, 2.45) is 0 Å². The van der Waals surface area contributed by atoms with Crippen molar-refractivity contribution in [1.82, 2.24) is 9.55 Å². The maximum Gasteiger partial charge on any atom is 0.281 e. The molecule has 0 saturated carbocycles. The monoisotopic (exact) mass is 333 g/mol. The van der Waals surface area contributed by atoms with E-state index >= 15 is 0 Å². The van der Waals surface area contributed by atoms with Crippen molar-refractivity contribution in [3.05, 3.63) is 41.9 Å². The third kappa shape index (κ3) is 2.76. The Kier molecular flexibility index (Phi) is 4.19. The number of benzene rings is 1. The summed E-state index contributed by atoms with van der Waals surface area (Å²) in [6.07, 6.45) is 4.78. The summed E-state index contributed by atoms with van der Waals surface area (Å²) >= 11 is 0. The first-order valence-electron chi connectivity index (χ1n) is 8.11. The lowest BCUT2D eigenvalue weighted by Gasteiger charge is -2.31. The van der Waals surface area contributed by atoms with Crippen LogP contribution in [0.4, 0.5) is 5.69 Å². The molecule has 0 unspecified atom stereocenters. The molecule has 6 heteroatoms. The van der Waals surface area contributed by atoms with Gasteiger partial charge in [-0.3, -0.25) is 4.31 Å². The van der Waals surface area contributed by atoms with E-state index in [-0.39, 0.29) is 5.03 Å². The third-order valence-electron chi connectivity index (χ3n) is 4.42. The number of aryl methyl sites for hydroxylation is 2. The van der Waals surface area contributed by atoms with Gasteiger partial charge in [0, 0.05) is 13.1 Å². The van der Waals surface area contributed by atoms with Gasteiger partial charge in [-0.05, 0) is 42.9 Å². The van der Waals surface area contributed by atoms with E-state index in [4.69, 9.17) is 0 Å². The van der Waals surface area contributed by atoms with Crippen LogP contribution in [-0.4, -0.2) is 24.5 Å². The molecular weight excluding hydrogens is 310 g/mol. The van der Waals surface area contributed by atoms with Gasteiger partial charge in [-0.15, -0.1) is 0 Å². The zero-order valence-electron chi connectivity index (χ0n) is 13.9. The molecule has 5 nitrogen and oxygen atoms in total. The van der Waals surface area contributed by atoms with Crippen molar-refractivity contribution in [1.29, 1.82) is 0 Å². The van der Waals surface area contributed by atoms with Crippen LogP contribution in [-0.2, 0) is 23.0 Å². The lowest BCUT2D eigenvalue weighted by molar-refractivity contribution is 0.569. The number of hydrogen-bond donors (Lipinski definition) is 0. The van der Waals surface area contributed by atoms with Crippen LogP contribution in [0.25, 0.3) is 0 Å². The van der Waals surface area contributed by atoms with Gasteiger partial charge in [0.1, 0.15) is 0 Å². The molecule has 2 aromatic rings. The normalized spacial score (nSPS) is 15.0. The van der Waals surface area contributed by atoms with E-state index in [0.717, 1.165) is 24.1 Å². The van der Waals surface area contributed by atoms with E-state index < -0.39 is 10.0 Å². The average Bonchev–Trinajstić information content (AvgIpc) is 3.03. The number of hydrogen-bond acceptors (Lipinski definition) is 3. The molecule has 0 fully saturated rings. The molecule has 1 aliphatic heterocycles. The zero-order chi connectivity index (χ0) is 16.6. The first-order chi connectivity index (χ1) is 10.9. The van der Waals surface area contributed by atoms with Crippen LogP contribution in [0.15, 0.2) is 35.7 Å². The summed E-state index contributed by atoms with van der Waals surface area (Å²) in [6.45, 7) is 7.32. The molecular formula is C17H23N3O2S. The van der Waals surface area contributed by atoms with Gasteiger partial charge in [0.25, 0.3) is 10.0 Å². The van der Waals surface area contributed by atoms with Crippen LogP contribution in [0.3, 0.4) is 0 Å². The predicted molar refractivity (Wildman–Crippen MR) is 91.3 cm³/mol. The molecule has 0 spiro atoms. The summed E-state index contributed by atoms with van der Waals surface area (Å²) in [6, 6.07) is 6.14. The summed E-state index contributed by atoms with van der Waals surface area (Å²) in [5.74, 6) is 0.439. The van der Waals surface area contributed by atoms with Crippen LogP contribution in [0, 0.1) is 0 Å². The Labute approximate surface area is 138 Å². The standard InChI is InChI=1S/C17H23N3O2S/c1-4-19-12-18-11-17(19)23(21,22)20-9-5-6-15-10-14(13(2)3)7-8-16(15)20/h7-8,10-13H,4-6,9H2,1-3H3. The van der Waals surface area contributed by atoms with E-state index in [2.05, 4.69) is 24.9 Å². The molecule has 0 amide bonds. The molecule has 0 saturated heterocycles. The third-order valence-corrected chi connectivity index (χ3v) is 6.24. The Balaban J connectivity index is 2.06. The van der Waals surface area contributed by atoms with E-state index in [1.54, 1.807) is 15.2 Å². The summed E-state index contributed by atoms with van der Waals surface area (Å²) in [5.41, 5.74) is 3.18. The molecule has 3 rings (SSSR count). The van der Waals surface area contributed by atoms with Gasteiger partial charge < -0.3 is 4.57 Å². The second kappa shape index (κ2) is 6.00. The highest BCUT2D eigenvalue weighted by atomic mass is 32.2. The van der Waals surface area contributed by atoms with Crippen molar-refractivity contribution in [3.63, 3.8) is 0 Å². The van der Waals surface area contributed by atoms with Gasteiger partial charge in [-0.25, -0.2) is 4.98 Å².